The number of benzene rings is 2. The minimum atomic E-state index is -1.03. The molecule has 0 aliphatic carbocycles. The van der Waals surface area contributed by atoms with Crippen LogP contribution in [0.1, 0.15) is 20.7 Å². The van der Waals surface area contributed by atoms with Gasteiger partial charge in [-0.05, 0) is 72.8 Å². The number of aromatic carboxylic acids is 2. The Bertz CT molecular complexity index is 1790. The Kier molecular flexibility index (Phi) is 6.36. The fraction of sp³-hybridized carbons (Fsp3) is 0. The van der Waals surface area contributed by atoms with Crippen LogP contribution in [-0.2, 0) is 0 Å². The number of pyridine rings is 2. The van der Waals surface area contributed by atoms with Crippen molar-refractivity contribution in [3.8, 4) is 11.4 Å². The van der Waals surface area contributed by atoms with E-state index in [1.165, 1.54) is 36.7 Å². The first-order valence-electron chi connectivity index (χ1n) is 11.2. The van der Waals surface area contributed by atoms with Crippen molar-refractivity contribution < 1.29 is 28.6 Å². The summed E-state index contributed by atoms with van der Waals surface area (Å²) in [6.07, 6.45) is 6.18. The van der Waals surface area contributed by atoms with Gasteiger partial charge in [-0.15, -0.1) is 0 Å². The van der Waals surface area contributed by atoms with Gasteiger partial charge in [0.1, 0.15) is 17.3 Å². The van der Waals surface area contributed by atoms with E-state index in [9.17, 15) is 18.4 Å². The van der Waals surface area contributed by atoms with Gasteiger partial charge in [-0.3, -0.25) is 4.98 Å². The quantitative estimate of drug-likeness (QED) is 0.312. The molecule has 4 heterocycles. The van der Waals surface area contributed by atoms with E-state index in [0.29, 0.717) is 16.7 Å². The SMILES string of the molecule is O=C(O)c1cnc2c(ccn2-c2ccc(F)cc2)c1.O=C(O)c1cnc2ccn(-c3ccc(F)cc3)c2c1. The van der Waals surface area contributed by atoms with E-state index in [0.717, 1.165) is 16.8 Å². The van der Waals surface area contributed by atoms with Crippen molar-refractivity contribution in [2.75, 3.05) is 0 Å². The number of carbonyl (C=O) groups is 2. The van der Waals surface area contributed by atoms with Crippen molar-refractivity contribution >= 4 is 34.0 Å². The van der Waals surface area contributed by atoms with E-state index in [-0.39, 0.29) is 22.8 Å². The molecule has 0 atom stereocenters. The molecule has 0 unspecified atom stereocenters. The molecular formula is C28H18F2N4O4. The summed E-state index contributed by atoms with van der Waals surface area (Å²) in [6.45, 7) is 0. The maximum absolute atomic E-state index is 12.9. The topological polar surface area (TPSA) is 110 Å². The Hall–Kier alpha value is -5.38. The first-order chi connectivity index (χ1) is 18.3. The summed E-state index contributed by atoms with van der Waals surface area (Å²) in [6, 6.07) is 18.7. The highest BCUT2D eigenvalue weighted by atomic mass is 19.1. The summed E-state index contributed by atoms with van der Waals surface area (Å²) in [5.41, 5.74) is 3.78. The lowest BCUT2D eigenvalue weighted by atomic mass is 10.2. The van der Waals surface area contributed by atoms with Gasteiger partial charge < -0.3 is 19.3 Å². The molecule has 0 spiro atoms. The smallest absolute Gasteiger partial charge is 0.337 e. The summed E-state index contributed by atoms with van der Waals surface area (Å²) in [5, 5.41) is 18.6. The molecule has 38 heavy (non-hydrogen) atoms. The summed E-state index contributed by atoms with van der Waals surface area (Å²) < 4.78 is 29.4. The summed E-state index contributed by atoms with van der Waals surface area (Å²) in [5.74, 6) is -2.66. The van der Waals surface area contributed by atoms with Crippen molar-refractivity contribution in [2.24, 2.45) is 0 Å². The van der Waals surface area contributed by atoms with Crippen LogP contribution in [-0.4, -0.2) is 41.3 Å². The molecule has 0 amide bonds. The van der Waals surface area contributed by atoms with E-state index in [1.54, 1.807) is 70.1 Å². The number of halogens is 2. The van der Waals surface area contributed by atoms with E-state index in [2.05, 4.69) is 9.97 Å². The minimum Gasteiger partial charge on any atom is -0.478 e. The molecule has 4 aromatic heterocycles. The number of rotatable bonds is 4. The van der Waals surface area contributed by atoms with Crippen molar-refractivity contribution in [1.82, 2.24) is 19.1 Å². The van der Waals surface area contributed by atoms with E-state index in [4.69, 9.17) is 10.2 Å². The Morgan fingerprint density at radius 1 is 0.658 bits per heavy atom. The minimum absolute atomic E-state index is 0.120. The summed E-state index contributed by atoms with van der Waals surface area (Å²) in [7, 11) is 0. The van der Waals surface area contributed by atoms with Crippen molar-refractivity contribution in [1.29, 1.82) is 0 Å². The first kappa shape index (κ1) is 24.3. The highest BCUT2D eigenvalue weighted by Crippen LogP contribution is 2.21. The zero-order valence-corrected chi connectivity index (χ0v) is 19.5. The zero-order chi connectivity index (χ0) is 26.8. The second-order valence-corrected chi connectivity index (χ2v) is 8.20. The Morgan fingerprint density at radius 3 is 1.79 bits per heavy atom. The van der Waals surface area contributed by atoms with Crippen molar-refractivity contribution in [3.63, 3.8) is 0 Å². The largest absolute Gasteiger partial charge is 0.478 e. The van der Waals surface area contributed by atoms with Crippen molar-refractivity contribution in [2.45, 2.75) is 0 Å². The number of aromatic nitrogens is 4. The summed E-state index contributed by atoms with van der Waals surface area (Å²) >= 11 is 0. The van der Waals surface area contributed by atoms with Crippen LogP contribution in [0.2, 0.25) is 0 Å². The molecule has 6 rings (SSSR count). The second-order valence-electron chi connectivity index (χ2n) is 8.20. The number of nitrogens with zero attached hydrogens (tertiary/aromatic N) is 4. The predicted molar refractivity (Wildman–Crippen MR) is 136 cm³/mol. The van der Waals surface area contributed by atoms with Gasteiger partial charge in [-0.25, -0.2) is 23.4 Å². The van der Waals surface area contributed by atoms with Crippen molar-refractivity contribution in [3.05, 3.63) is 120 Å². The molecule has 0 aliphatic heterocycles. The predicted octanol–water partition coefficient (Wildman–Crippen LogP) is 5.73. The van der Waals surface area contributed by atoms with Crippen LogP contribution >= 0.6 is 0 Å². The molecule has 0 bridgehead atoms. The zero-order valence-electron chi connectivity index (χ0n) is 19.5. The normalized spacial score (nSPS) is 10.8. The highest BCUT2D eigenvalue weighted by Gasteiger charge is 2.10. The van der Waals surface area contributed by atoms with Gasteiger partial charge in [0.25, 0.3) is 0 Å². The van der Waals surface area contributed by atoms with Gasteiger partial charge >= 0.3 is 11.9 Å². The molecule has 0 saturated carbocycles. The molecule has 10 heteroatoms. The lowest BCUT2D eigenvalue weighted by molar-refractivity contribution is 0.0686. The third kappa shape index (κ3) is 4.82. The molecule has 0 aliphatic rings. The van der Waals surface area contributed by atoms with Gasteiger partial charge in [0.15, 0.2) is 0 Å². The molecule has 0 radical (unpaired) electrons. The molecule has 2 aromatic carbocycles. The van der Waals surface area contributed by atoms with Crippen LogP contribution in [0.15, 0.2) is 97.6 Å². The second kappa shape index (κ2) is 9.94. The van der Waals surface area contributed by atoms with Gasteiger partial charge in [-0.2, -0.15) is 0 Å². The molecule has 2 N–H and O–H groups in total. The Morgan fingerprint density at radius 2 is 1.18 bits per heavy atom. The number of fused-ring (bicyclic) bond motifs is 2. The lowest BCUT2D eigenvalue weighted by Crippen LogP contribution is -1.99. The average Bonchev–Trinajstić information content (AvgIpc) is 3.53. The standard InChI is InChI=1S/2C14H9FN2O2/c15-10-1-3-11(4-2-10)17-6-5-12-13(17)7-9(8-16-12)14(18)19;15-11-1-3-12(4-2-11)17-6-5-9-7-10(14(18)19)8-16-13(9)17/h2*1-8H,(H,18,19). The Balaban J connectivity index is 0.000000155. The third-order valence-electron chi connectivity index (χ3n) is 5.77. The number of carboxylic acids is 2. The number of hydrogen-bond donors (Lipinski definition) is 2. The third-order valence-corrected chi connectivity index (χ3v) is 5.77. The average molecular weight is 512 g/mol. The molecule has 8 nitrogen and oxygen atoms in total. The maximum atomic E-state index is 12.9. The first-order valence-corrected chi connectivity index (χ1v) is 11.2. The Labute approximate surface area is 213 Å². The monoisotopic (exact) mass is 512 g/mol. The van der Waals surface area contributed by atoms with Crippen LogP contribution in [0.3, 0.4) is 0 Å². The molecule has 188 valence electrons. The van der Waals surface area contributed by atoms with Gasteiger partial charge in [0, 0.05) is 41.5 Å². The van der Waals surface area contributed by atoms with Gasteiger partial charge in [0.05, 0.1) is 22.2 Å². The molecule has 6 aromatic rings. The van der Waals surface area contributed by atoms with Crippen LogP contribution in [0, 0.1) is 11.6 Å². The maximum Gasteiger partial charge on any atom is 0.337 e. The van der Waals surface area contributed by atoms with E-state index in [1.807, 2.05) is 0 Å². The van der Waals surface area contributed by atoms with Crippen LogP contribution in [0.5, 0.6) is 0 Å². The van der Waals surface area contributed by atoms with Crippen LogP contribution in [0.4, 0.5) is 8.78 Å². The molecule has 0 fully saturated rings. The van der Waals surface area contributed by atoms with Crippen LogP contribution < -0.4 is 0 Å². The highest BCUT2D eigenvalue weighted by molar-refractivity contribution is 5.93. The van der Waals surface area contributed by atoms with Gasteiger partial charge in [-0.1, -0.05) is 0 Å². The van der Waals surface area contributed by atoms with E-state index < -0.39 is 11.9 Å². The number of hydrogen-bond acceptors (Lipinski definition) is 4. The number of carboxylic acid groups (broad SMARTS) is 2. The lowest BCUT2D eigenvalue weighted by Gasteiger charge is -2.05. The molecular weight excluding hydrogens is 494 g/mol. The van der Waals surface area contributed by atoms with Crippen LogP contribution in [0.25, 0.3) is 33.4 Å². The van der Waals surface area contributed by atoms with Gasteiger partial charge in [0.2, 0.25) is 0 Å². The fourth-order valence-electron chi connectivity index (χ4n) is 3.91. The van der Waals surface area contributed by atoms with E-state index >= 15 is 0 Å². The summed E-state index contributed by atoms with van der Waals surface area (Å²) in [4.78, 5) is 30.1. The molecule has 0 saturated heterocycles. The fourth-order valence-corrected chi connectivity index (χ4v) is 3.91.